The van der Waals surface area contributed by atoms with Crippen LogP contribution in [0.3, 0.4) is 0 Å². The van der Waals surface area contributed by atoms with E-state index in [0.29, 0.717) is 5.56 Å². The maximum Gasteiger partial charge on any atom is 0.266 e. The van der Waals surface area contributed by atoms with Crippen molar-refractivity contribution in [2.75, 3.05) is 0 Å². The summed E-state index contributed by atoms with van der Waals surface area (Å²) in [7, 11) is 0. The lowest BCUT2D eigenvalue weighted by Gasteiger charge is -2.19. The number of carbonyl (C=O) groups excluding carboxylic acids is 1. The van der Waals surface area contributed by atoms with Gasteiger partial charge in [0.05, 0.1) is 5.56 Å². The Kier molecular flexibility index (Phi) is 4.51. The number of nitrogens with one attached hydrogen (secondary N) is 1. The van der Waals surface area contributed by atoms with E-state index in [-0.39, 0.29) is 5.91 Å². The molecule has 1 amide bonds. The van der Waals surface area contributed by atoms with Crippen LogP contribution in [0.2, 0.25) is 0 Å². The molecule has 0 radical (unpaired) electrons. The zero-order valence-corrected chi connectivity index (χ0v) is 16.3. The molecule has 0 aliphatic heterocycles. The Morgan fingerprint density at radius 1 is 0.600 bits per heavy atom. The number of amides is 1. The number of benzene rings is 5. The van der Waals surface area contributed by atoms with E-state index in [4.69, 9.17) is 5.84 Å². The second kappa shape index (κ2) is 7.47. The molecule has 0 spiro atoms. The summed E-state index contributed by atoms with van der Waals surface area (Å²) >= 11 is 0. The van der Waals surface area contributed by atoms with E-state index < -0.39 is 0 Å². The van der Waals surface area contributed by atoms with Crippen molar-refractivity contribution < 1.29 is 4.79 Å². The van der Waals surface area contributed by atoms with Gasteiger partial charge in [-0.05, 0) is 38.4 Å². The smallest absolute Gasteiger partial charge is 0.266 e. The minimum Gasteiger partial charge on any atom is -0.290 e. The lowest BCUT2D eigenvalue weighted by atomic mass is 9.85. The van der Waals surface area contributed by atoms with Gasteiger partial charge in [0.2, 0.25) is 0 Å². The van der Waals surface area contributed by atoms with Gasteiger partial charge < -0.3 is 0 Å². The summed E-state index contributed by atoms with van der Waals surface area (Å²) in [6, 6.07) is 34.7. The first-order valence-corrected chi connectivity index (χ1v) is 9.89. The monoisotopic (exact) mass is 388 g/mol. The predicted molar refractivity (Wildman–Crippen MR) is 124 cm³/mol. The molecule has 0 aliphatic carbocycles. The minimum absolute atomic E-state index is 0.292. The highest BCUT2D eigenvalue weighted by atomic mass is 16.2. The maximum absolute atomic E-state index is 13.0. The van der Waals surface area contributed by atoms with Crippen molar-refractivity contribution in [1.82, 2.24) is 5.43 Å². The summed E-state index contributed by atoms with van der Waals surface area (Å²) in [5.41, 5.74) is 7.26. The normalized spacial score (nSPS) is 11.0. The van der Waals surface area contributed by atoms with E-state index >= 15 is 0 Å². The quantitative estimate of drug-likeness (QED) is 0.174. The SMILES string of the molecule is NNC(=O)c1c2ccccc2c(-c2ccccc2)c2cccc(-c3ccccc3)c12. The molecule has 5 aromatic carbocycles. The molecule has 0 bridgehead atoms. The maximum atomic E-state index is 13.0. The van der Waals surface area contributed by atoms with Crippen molar-refractivity contribution >= 4 is 27.5 Å². The van der Waals surface area contributed by atoms with Gasteiger partial charge in [-0.15, -0.1) is 0 Å². The van der Waals surface area contributed by atoms with Crippen molar-refractivity contribution in [3.05, 3.63) is 109 Å². The first-order chi connectivity index (χ1) is 14.8. The number of rotatable bonds is 3. The topological polar surface area (TPSA) is 55.1 Å². The van der Waals surface area contributed by atoms with Crippen LogP contribution in [-0.2, 0) is 0 Å². The molecule has 0 fully saturated rings. The molecule has 0 heterocycles. The number of carbonyl (C=O) groups is 1. The van der Waals surface area contributed by atoms with E-state index in [2.05, 4.69) is 54.0 Å². The van der Waals surface area contributed by atoms with Crippen LogP contribution in [0.1, 0.15) is 10.4 Å². The first-order valence-electron chi connectivity index (χ1n) is 9.89. The first kappa shape index (κ1) is 18.1. The molecule has 0 saturated heterocycles. The number of hydrogen-bond donors (Lipinski definition) is 2. The van der Waals surface area contributed by atoms with Gasteiger partial charge >= 0.3 is 0 Å². The fourth-order valence-electron chi connectivity index (χ4n) is 4.31. The zero-order chi connectivity index (χ0) is 20.5. The van der Waals surface area contributed by atoms with Gasteiger partial charge in [0, 0.05) is 5.39 Å². The Bertz CT molecular complexity index is 1380. The van der Waals surface area contributed by atoms with Crippen molar-refractivity contribution in [2.45, 2.75) is 0 Å². The largest absolute Gasteiger partial charge is 0.290 e. The van der Waals surface area contributed by atoms with Crippen LogP contribution in [0.15, 0.2) is 103 Å². The lowest BCUT2D eigenvalue weighted by molar-refractivity contribution is 0.0957. The van der Waals surface area contributed by atoms with Gasteiger partial charge in [0.25, 0.3) is 5.91 Å². The fraction of sp³-hybridized carbons (Fsp3) is 0. The highest BCUT2D eigenvalue weighted by Crippen LogP contribution is 2.42. The fourth-order valence-corrected chi connectivity index (χ4v) is 4.31. The number of hydrazine groups is 1. The Labute approximate surface area is 174 Å². The minimum atomic E-state index is -0.292. The Morgan fingerprint density at radius 3 is 1.83 bits per heavy atom. The zero-order valence-electron chi connectivity index (χ0n) is 16.3. The lowest BCUT2D eigenvalue weighted by Crippen LogP contribution is -2.30. The van der Waals surface area contributed by atoms with Crippen LogP contribution >= 0.6 is 0 Å². The van der Waals surface area contributed by atoms with Crippen LogP contribution in [0.5, 0.6) is 0 Å². The summed E-state index contributed by atoms with van der Waals surface area (Å²) in [5, 5.41) is 3.85. The second-order valence-electron chi connectivity index (χ2n) is 7.23. The summed E-state index contributed by atoms with van der Waals surface area (Å²) in [6.45, 7) is 0. The molecular formula is C27H20N2O. The van der Waals surface area contributed by atoms with Crippen LogP contribution in [0.25, 0.3) is 43.8 Å². The van der Waals surface area contributed by atoms with Gasteiger partial charge in [-0.1, -0.05) is 103 Å². The third-order valence-electron chi connectivity index (χ3n) is 5.55. The standard InChI is InChI=1S/C27H20N2O/c28-29-27(30)26-22-15-8-7-14-21(22)24(19-12-5-2-6-13-19)23-17-9-16-20(25(23)26)18-10-3-1-4-11-18/h1-17H,28H2,(H,29,30). The van der Waals surface area contributed by atoms with E-state index in [1.54, 1.807) is 0 Å². The van der Waals surface area contributed by atoms with Gasteiger partial charge in [0.1, 0.15) is 0 Å². The van der Waals surface area contributed by atoms with E-state index in [9.17, 15) is 4.79 Å². The molecule has 0 atom stereocenters. The molecule has 3 nitrogen and oxygen atoms in total. The van der Waals surface area contributed by atoms with Crippen molar-refractivity contribution in [1.29, 1.82) is 0 Å². The molecule has 5 rings (SSSR count). The molecule has 0 saturated carbocycles. The third kappa shape index (κ3) is 2.84. The number of hydrogen-bond acceptors (Lipinski definition) is 2. The molecule has 0 aromatic heterocycles. The van der Waals surface area contributed by atoms with E-state index in [1.807, 2.05) is 54.6 Å². The summed E-state index contributed by atoms with van der Waals surface area (Å²) in [5.74, 6) is 5.33. The van der Waals surface area contributed by atoms with Gasteiger partial charge in [-0.25, -0.2) is 5.84 Å². The van der Waals surface area contributed by atoms with Gasteiger partial charge in [-0.2, -0.15) is 0 Å². The van der Waals surface area contributed by atoms with Gasteiger partial charge in [-0.3, -0.25) is 10.2 Å². The number of fused-ring (bicyclic) bond motifs is 2. The second-order valence-corrected chi connectivity index (χ2v) is 7.23. The molecule has 144 valence electrons. The number of nitrogen functional groups attached to an aromatic ring is 1. The van der Waals surface area contributed by atoms with Crippen molar-refractivity contribution in [3.8, 4) is 22.3 Å². The highest BCUT2D eigenvalue weighted by Gasteiger charge is 2.21. The Morgan fingerprint density at radius 2 is 1.17 bits per heavy atom. The average molecular weight is 388 g/mol. The predicted octanol–water partition coefficient (Wildman–Crippen LogP) is 5.93. The average Bonchev–Trinajstić information content (AvgIpc) is 2.82. The third-order valence-corrected chi connectivity index (χ3v) is 5.55. The van der Waals surface area contributed by atoms with Gasteiger partial charge in [0.15, 0.2) is 0 Å². The molecule has 0 aliphatic rings. The van der Waals surface area contributed by atoms with Crippen LogP contribution < -0.4 is 11.3 Å². The highest BCUT2D eigenvalue weighted by molar-refractivity contribution is 6.26. The molecule has 3 N–H and O–H groups in total. The summed E-state index contributed by atoms with van der Waals surface area (Å²) in [4.78, 5) is 13.0. The van der Waals surface area contributed by atoms with Crippen molar-refractivity contribution in [3.63, 3.8) is 0 Å². The van der Waals surface area contributed by atoms with E-state index in [1.165, 1.54) is 0 Å². The molecule has 0 unspecified atom stereocenters. The molecule has 3 heteroatoms. The van der Waals surface area contributed by atoms with Crippen LogP contribution in [0.4, 0.5) is 0 Å². The van der Waals surface area contributed by atoms with Crippen molar-refractivity contribution in [2.24, 2.45) is 5.84 Å². The summed E-state index contributed by atoms with van der Waals surface area (Å²) in [6.07, 6.45) is 0. The molecule has 30 heavy (non-hydrogen) atoms. The van der Waals surface area contributed by atoms with E-state index in [0.717, 1.165) is 43.8 Å². The number of nitrogens with two attached hydrogens (primary N) is 1. The van der Waals surface area contributed by atoms with Crippen LogP contribution in [0, 0.1) is 0 Å². The molecular weight excluding hydrogens is 368 g/mol. The summed E-state index contributed by atoms with van der Waals surface area (Å²) < 4.78 is 0. The molecule has 5 aromatic rings. The Hall–Kier alpha value is -3.95. The Balaban J connectivity index is 2.05. The van der Waals surface area contributed by atoms with Crippen LogP contribution in [-0.4, -0.2) is 5.91 Å².